The molecule has 0 saturated carbocycles. The van der Waals surface area contributed by atoms with E-state index in [-0.39, 0.29) is 27.7 Å². The number of carbonyl (C=O) groups is 1. The van der Waals surface area contributed by atoms with Crippen molar-refractivity contribution in [2.45, 2.75) is 20.0 Å². The highest BCUT2D eigenvalue weighted by Crippen LogP contribution is 2.34. The lowest BCUT2D eigenvalue weighted by Crippen LogP contribution is -2.29. The van der Waals surface area contributed by atoms with Crippen molar-refractivity contribution >= 4 is 35.1 Å². The maximum atomic E-state index is 13.0. The molecule has 3 N–H and O–H groups in total. The molecule has 6 nitrogen and oxygen atoms in total. The minimum absolute atomic E-state index is 0.126. The van der Waals surface area contributed by atoms with Crippen molar-refractivity contribution in [1.29, 1.82) is 0 Å². The zero-order valence-electron chi connectivity index (χ0n) is 15.4. The van der Waals surface area contributed by atoms with E-state index in [0.717, 1.165) is 12.1 Å². The largest absolute Gasteiger partial charge is 0.488 e. The number of hydrogen-bond donors (Lipinski definition) is 3. The second-order valence-electron chi connectivity index (χ2n) is 5.64. The van der Waals surface area contributed by atoms with Gasteiger partial charge in [-0.1, -0.05) is 26.0 Å². The van der Waals surface area contributed by atoms with E-state index in [1.165, 1.54) is 30.3 Å². The van der Waals surface area contributed by atoms with E-state index < -0.39 is 30.4 Å². The Morgan fingerprint density at radius 2 is 1.66 bits per heavy atom. The highest BCUT2D eigenvalue weighted by atomic mass is 19.4. The Hall–Kier alpha value is -3.11. The number of carbonyl (C=O) groups excluding carboxylic acids is 1. The van der Waals surface area contributed by atoms with Crippen molar-refractivity contribution in [1.82, 2.24) is 0 Å². The fourth-order valence-corrected chi connectivity index (χ4v) is 2.48. The molecular weight excluding hydrogens is 390 g/mol. The van der Waals surface area contributed by atoms with Crippen LogP contribution in [0.15, 0.2) is 57.7 Å². The lowest BCUT2D eigenvalue weighted by atomic mass is 9.80. The number of alkyl halides is 3. The zero-order valence-corrected chi connectivity index (χ0v) is 15.4. The second kappa shape index (κ2) is 8.93. The molecule has 0 unspecified atom stereocenters. The third kappa shape index (κ3) is 5.24. The number of anilines is 1. The normalized spacial score (nSPS) is 10.9. The summed E-state index contributed by atoms with van der Waals surface area (Å²) < 4.78 is 43.9. The summed E-state index contributed by atoms with van der Waals surface area (Å²) in [6.45, 7) is 4.00. The first-order valence-electron chi connectivity index (χ1n) is 8.58. The monoisotopic (exact) mass is 407 g/mol. The summed E-state index contributed by atoms with van der Waals surface area (Å²) in [7, 11) is -1.67. The van der Waals surface area contributed by atoms with Crippen LogP contribution in [0.2, 0.25) is 0 Å². The molecule has 10 heteroatoms. The lowest BCUT2D eigenvalue weighted by molar-refractivity contribution is -0.136. The van der Waals surface area contributed by atoms with Crippen LogP contribution in [0, 0.1) is 0 Å². The molecule has 0 aliphatic rings. The summed E-state index contributed by atoms with van der Waals surface area (Å²) in [6, 6.07) is 9.24. The molecule has 0 spiro atoms. The number of fused-ring (bicyclic) bond motifs is 1. The van der Waals surface area contributed by atoms with Crippen molar-refractivity contribution in [3.05, 3.63) is 70.1 Å². The first-order valence-corrected chi connectivity index (χ1v) is 8.58. The molecular formula is C19H17BF3NO5. The Kier molecular flexibility index (Phi) is 6.83. The number of amides is 1. The average molecular weight is 407 g/mol. The van der Waals surface area contributed by atoms with Gasteiger partial charge in [0.25, 0.3) is 5.91 Å². The van der Waals surface area contributed by atoms with Crippen molar-refractivity contribution < 1.29 is 32.4 Å². The first-order chi connectivity index (χ1) is 13.6. The first kappa shape index (κ1) is 22.2. The highest BCUT2D eigenvalue weighted by molar-refractivity contribution is 6.58. The van der Waals surface area contributed by atoms with Crippen LogP contribution in [0.25, 0.3) is 11.0 Å². The van der Waals surface area contributed by atoms with Gasteiger partial charge in [0.1, 0.15) is 5.58 Å². The van der Waals surface area contributed by atoms with Crippen molar-refractivity contribution in [3.8, 4) is 0 Å². The topological polar surface area (TPSA) is 99.8 Å². The van der Waals surface area contributed by atoms with Crippen LogP contribution in [-0.4, -0.2) is 23.1 Å². The molecule has 1 heterocycles. The Balaban J connectivity index is 0.00000145. The van der Waals surface area contributed by atoms with Crippen LogP contribution in [0.1, 0.15) is 29.8 Å². The summed E-state index contributed by atoms with van der Waals surface area (Å²) >= 11 is 0. The van der Waals surface area contributed by atoms with Crippen LogP contribution < -0.4 is 16.4 Å². The van der Waals surface area contributed by atoms with Gasteiger partial charge in [0.15, 0.2) is 0 Å². The van der Waals surface area contributed by atoms with E-state index in [1.807, 2.05) is 13.8 Å². The lowest BCUT2D eigenvalue weighted by Gasteiger charge is -2.11. The Morgan fingerprint density at radius 3 is 2.21 bits per heavy atom. The van der Waals surface area contributed by atoms with Gasteiger partial charge in [-0.05, 0) is 29.7 Å². The van der Waals surface area contributed by atoms with Crippen LogP contribution >= 0.6 is 0 Å². The molecule has 1 amide bonds. The van der Waals surface area contributed by atoms with E-state index in [4.69, 9.17) is 14.5 Å². The Morgan fingerprint density at radius 1 is 1.03 bits per heavy atom. The van der Waals surface area contributed by atoms with E-state index in [0.29, 0.717) is 6.07 Å². The van der Waals surface area contributed by atoms with Crippen LogP contribution in [0.4, 0.5) is 18.9 Å². The average Bonchev–Trinajstić information content (AvgIpc) is 2.68. The van der Waals surface area contributed by atoms with Gasteiger partial charge in [0, 0.05) is 28.8 Å². The zero-order chi connectivity index (χ0) is 21.8. The quantitative estimate of drug-likeness (QED) is 0.458. The van der Waals surface area contributed by atoms with Gasteiger partial charge >= 0.3 is 18.9 Å². The predicted molar refractivity (Wildman–Crippen MR) is 103 cm³/mol. The standard InChI is InChI=1S/C17H11BF3NO5.C2H6/c19-17(20,21)13-8-15(23)27-14-7-11(5-6-12(13)14)22-16(24)9-1-3-10(4-2-9)18(25)26;1-2/h1-8,25-26H,(H,22,24);1-2H3. The third-order valence-corrected chi connectivity index (χ3v) is 3.78. The minimum atomic E-state index is -4.72. The number of benzene rings is 2. The van der Waals surface area contributed by atoms with Gasteiger partial charge in [-0.2, -0.15) is 13.2 Å². The molecule has 29 heavy (non-hydrogen) atoms. The summed E-state index contributed by atoms with van der Waals surface area (Å²) in [5, 5.41) is 20.2. The molecule has 0 saturated heterocycles. The molecule has 2 aromatic carbocycles. The van der Waals surface area contributed by atoms with Gasteiger partial charge in [-0.25, -0.2) is 4.79 Å². The molecule has 0 bridgehead atoms. The van der Waals surface area contributed by atoms with Crippen LogP contribution in [-0.2, 0) is 6.18 Å². The molecule has 0 fully saturated rings. The van der Waals surface area contributed by atoms with Gasteiger partial charge < -0.3 is 19.8 Å². The summed E-state index contributed by atoms with van der Waals surface area (Å²) in [4.78, 5) is 23.6. The van der Waals surface area contributed by atoms with Crippen molar-refractivity contribution in [2.75, 3.05) is 5.32 Å². The van der Waals surface area contributed by atoms with Crippen LogP contribution in [0.5, 0.6) is 0 Å². The number of halogens is 3. The summed E-state index contributed by atoms with van der Waals surface area (Å²) in [6.07, 6.45) is -4.72. The summed E-state index contributed by atoms with van der Waals surface area (Å²) in [5.41, 5.74) is -2.09. The maximum Gasteiger partial charge on any atom is 0.488 e. The fourth-order valence-electron chi connectivity index (χ4n) is 2.48. The molecule has 3 rings (SSSR count). The molecule has 3 aromatic rings. The van der Waals surface area contributed by atoms with E-state index in [9.17, 15) is 22.8 Å². The van der Waals surface area contributed by atoms with Crippen molar-refractivity contribution in [3.63, 3.8) is 0 Å². The minimum Gasteiger partial charge on any atom is -0.423 e. The smallest absolute Gasteiger partial charge is 0.423 e. The van der Waals surface area contributed by atoms with E-state index in [1.54, 1.807) is 0 Å². The third-order valence-electron chi connectivity index (χ3n) is 3.78. The van der Waals surface area contributed by atoms with Gasteiger partial charge in [-0.3, -0.25) is 4.79 Å². The predicted octanol–water partition coefficient (Wildman–Crippen LogP) is 2.77. The number of hydrogen-bond acceptors (Lipinski definition) is 5. The highest BCUT2D eigenvalue weighted by Gasteiger charge is 2.33. The summed E-state index contributed by atoms with van der Waals surface area (Å²) in [5.74, 6) is -0.581. The molecule has 1 aromatic heterocycles. The fraction of sp³-hybridized carbons (Fsp3) is 0.158. The SMILES string of the molecule is CC.O=C(Nc1ccc2c(C(F)(F)F)cc(=O)oc2c1)c1ccc(B(O)O)cc1. The van der Waals surface area contributed by atoms with Gasteiger partial charge in [0.2, 0.25) is 0 Å². The number of nitrogens with one attached hydrogen (secondary N) is 1. The van der Waals surface area contributed by atoms with Gasteiger partial charge in [0.05, 0.1) is 5.56 Å². The van der Waals surface area contributed by atoms with E-state index >= 15 is 0 Å². The van der Waals surface area contributed by atoms with E-state index in [2.05, 4.69) is 5.32 Å². The number of rotatable bonds is 3. The van der Waals surface area contributed by atoms with Gasteiger partial charge in [-0.15, -0.1) is 0 Å². The Labute approximate surface area is 163 Å². The van der Waals surface area contributed by atoms with Crippen molar-refractivity contribution in [2.24, 2.45) is 0 Å². The molecule has 0 radical (unpaired) electrons. The van der Waals surface area contributed by atoms with Crippen LogP contribution in [0.3, 0.4) is 0 Å². The second-order valence-corrected chi connectivity index (χ2v) is 5.64. The Bertz CT molecular complexity index is 1060. The molecule has 0 aliphatic carbocycles. The molecule has 0 aliphatic heterocycles. The molecule has 0 atom stereocenters. The maximum absolute atomic E-state index is 13.0. The molecule has 152 valence electrons.